The number of aliphatic hydroxyl groups is 1. The minimum atomic E-state index is -3.95. The monoisotopic (exact) mass is 755 g/mol. The number of hydrogen-bond acceptors (Lipinski definition) is 9. The van der Waals surface area contributed by atoms with E-state index in [0.29, 0.717) is 48.9 Å². The lowest BCUT2D eigenvalue weighted by atomic mass is 9.62. The average molecular weight is 756 g/mol. The SMILES string of the molecule is CO[C@@]1(CC(=O)N[C@H]2CCOC2=O)/C=C/C[C@H](C)[C@@H](C)S(=O)(=O)NC(O)c2ccc3c(c2)N(C[C@@H]2CC[C@H]21)C[C@@]1(CCCc2cc(Cl)ccc21)CO3. The van der Waals surface area contributed by atoms with Crippen molar-refractivity contribution in [2.24, 2.45) is 17.8 Å². The number of carbonyl (C=O) groups excluding carboxylic acids is 2. The molecule has 13 heteroatoms. The van der Waals surface area contributed by atoms with Crippen molar-refractivity contribution in [1.82, 2.24) is 10.0 Å². The van der Waals surface area contributed by atoms with Crippen LogP contribution in [0.2, 0.25) is 5.02 Å². The normalized spacial score (nSPS) is 34.9. The number of nitrogens with zero attached hydrogens (tertiary/aromatic N) is 1. The Morgan fingerprint density at radius 3 is 2.71 bits per heavy atom. The number of methoxy groups -OCH3 is 1. The minimum absolute atomic E-state index is 0.00282. The molecule has 5 aliphatic rings. The molecule has 8 atom stereocenters. The van der Waals surface area contributed by atoms with Crippen LogP contribution in [-0.4, -0.2) is 75.7 Å². The zero-order chi connectivity index (χ0) is 36.8. The zero-order valence-corrected chi connectivity index (χ0v) is 31.7. The Kier molecular flexibility index (Phi) is 10.4. The lowest BCUT2D eigenvalue weighted by Crippen LogP contribution is -2.54. The third-order valence-electron chi connectivity index (χ3n) is 12.4. The Hall–Kier alpha value is -3.16. The van der Waals surface area contributed by atoms with Gasteiger partial charge in [0.1, 0.15) is 18.0 Å². The van der Waals surface area contributed by atoms with E-state index in [1.54, 1.807) is 20.1 Å². The minimum Gasteiger partial charge on any atom is -0.490 e. The van der Waals surface area contributed by atoms with Crippen LogP contribution in [0.1, 0.15) is 81.7 Å². The number of aliphatic hydroxyl groups excluding tert-OH is 1. The van der Waals surface area contributed by atoms with Crippen molar-refractivity contribution in [2.75, 3.05) is 38.3 Å². The standard InChI is InChI=1S/C39H50ClN3O8S/c1-24-6-4-16-39(49-3,20-35(44)41-32-14-17-50-37(32)46)31-11-8-28(31)21-43-22-38(15-5-7-26-18-29(40)10-12-30(26)38)23-51-34-13-9-27(19-33(34)43)36(45)42-52(47,48)25(24)2/h4,9-10,12-13,16,18-19,24-25,28,31-32,36,42,45H,5-8,11,14-15,17,20-23H2,1-3H3,(H,41,44)/b16-4+/t24-,25+,28-,31+,32-,36?,38-,39+/m0/s1. The highest BCUT2D eigenvalue weighted by molar-refractivity contribution is 7.90. The molecule has 2 fully saturated rings. The smallest absolute Gasteiger partial charge is 0.328 e. The van der Waals surface area contributed by atoms with Gasteiger partial charge in [-0.25, -0.2) is 13.2 Å². The Morgan fingerprint density at radius 1 is 1.15 bits per heavy atom. The van der Waals surface area contributed by atoms with Crippen molar-refractivity contribution in [3.63, 3.8) is 0 Å². The highest BCUT2D eigenvalue weighted by Crippen LogP contribution is 2.50. The van der Waals surface area contributed by atoms with Crippen molar-refractivity contribution in [3.05, 3.63) is 70.3 Å². The highest BCUT2D eigenvalue weighted by atomic mass is 35.5. The van der Waals surface area contributed by atoms with E-state index in [9.17, 15) is 23.1 Å². The third-order valence-corrected chi connectivity index (χ3v) is 14.7. The fourth-order valence-corrected chi connectivity index (χ4v) is 10.6. The first-order chi connectivity index (χ1) is 24.8. The first-order valence-electron chi connectivity index (χ1n) is 18.5. The average Bonchev–Trinajstić information content (AvgIpc) is 3.43. The second-order valence-corrected chi connectivity index (χ2v) is 18.1. The van der Waals surface area contributed by atoms with Gasteiger partial charge in [-0.2, -0.15) is 4.72 Å². The van der Waals surface area contributed by atoms with Gasteiger partial charge in [-0.05, 0) is 104 Å². The molecule has 282 valence electrons. The van der Waals surface area contributed by atoms with Gasteiger partial charge in [0, 0.05) is 37.1 Å². The van der Waals surface area contributed by atoms with Crippen LogP contribution < -0.4 is 19.7 Å². The molecule has 3 heterocycles. The number of cyclic esters (lactones) is 1. The quantitative estimate of drug-likeness (QED) is 0.292. The predicted molar refractivity (Wildman–Crippen MR) is 198 cm³/mol. The van der Waals surface area contributed by atoms with Crippen LogP contribution in [0.3, 0.4) is 0 Å². The molecular formula is C39H50ClN3O8S. The first-order valence-corrected chi connectivity index (χ1v) is 20.4. The van der Waals surface area contributed by atoms with E-state index in [-0.39, 0.29) is 42.1 Å². The topological polar surface area (TPSA) is 143 Å². The third kappa shape index (κ3) is 7.09. The maximum absolute atomic E-state index is 13.6. The molecule has 0 radical (unpaired) electrons. The highest BCUT2D eigenvalue weighted by Gasteiger charge is 2.50. The lowest BCUT2D eigenvalue weighted by Gasteiger charge is -2.50. The van der Waals surface area contributed by atoms with E-state index in [0.717, 1.165) is 37.8 Å². The second kappa shape index (κ2) is 14.6. The van der Waals surface area contributed by atoms with Crippen LogP contribution in [0.15, 0.2) is 48.6 Å². The number of benzene rings is 2. The molecule has 1 spiro atoms. The molecule has 1 amide bonds. The number of amides is 1. The maximum atomic E-state index is 13.6. The van der Waals surface area contributed by atoms with Crippen LogP contribution in [0, 0.1) is 17.8 Å². The summed E-state index contributed by atoms with van der Waals surface area (Å²) in [6.45, 7) is 5.48. The number of halogens is 1. The summed E-state index contributed by atoms with van der Waals surface area (Å²) in [5, 5.41) is 14.1. The molecule has 2 aliphatic carbocycles. The molecule has 3 aliphatic heterocycles. The van der Waals surface area contributed by atoms with Crippen molar-refractivity contribution in [1.29, 1.82) is 0 Å². The molecule has 11 nitrogen and oxygen atoms in total. The van der Waals surface area contributed by atoms with E-state index in [1.807, 2.05) is 37.3 Å². The number of allylic oxidation sites excluding steroid dienone is 1. The number of anilines is 1. The number of aryl methyl sites for hydroxylation is 1. The summed E-state index contributed by atoms with van der Waals surface area (Å²) in [6.07, 6.45) is 7.84. The largest absolute Gasteiger partial charge is 0.490 e. The summed E-state index contributed by atoms with van der Waals surface area (Å²) in [7, 11) is -2.32. The Morgan fingerprint density at radius 2 is 1.98 bits per heavy atom. The first kappa shape index (κ1) is 37.2. The number of rotatable bonds is 4. The van der Waals surface area contributed by atoms with Gasteiger partial charge in [-0.15, -0.1) is 0 Å². The number of ether oxygens (including phenoxy) is 3. The van der Waals surface area contributed by atoms with E-state index in [1.165, 1.54) is 11.1 Å². The molecule has 3 N–H and O–H groups in total. The van der Waals surface area contributed by atoms with Crippen molar-refractivity contribution in [2.45, 2.75) is 93.7 Å². The van der Waals surface area contributed by atoms with Crippen LogP contribution in [0.5, 0.6) is 5.75 Å². The van der Waals surface area contributed by atoms with Gasteiger partial charge in [0.2, 0.25) is 15.9 Å². The summed E-state index contributed by atoms with van der Waals surface area (Å²) < 4.78 is 47.8. The molecule has 1 unspecified atom stereocenters. The summed E-state index contributed by atoms with van der Waals surface area (Å²) >= 11 is 6.46. The van der Waals surface area contributed by atoms with Gasteiger partial charge >= 0.3 is 5.97 Å². The Bertz CT molecular complexity index is 1840. The number of esters is 1. The molecule has 2 bridgehead atoms. The summed E-state index contributed by atoms with van der Waals surface area (Å²) in [5.41, 5.74) is 2.32. The van der Waals surface area contributed by atoms with Crippen LogP contribution >= 0.6 is 11.6 Å². The zero-order valence-electron chi connectivity index (χ0n) is 30.1. The van der Waals surface area contributed by atoms with Crippen LogP contribution in [0.4, 0.5) is 5.69 Å². The molecule has 2 aromatic rings. The fourth-order valence-electron chi connectivity index (χ4n) is 9.05. The van der Waals surface area contributed by atoms with E-state index >= 15 is 0 Å². The molecule has 7 rings (SSSR count). The van der Waals surface area contributed by atoms with Crippen LogP contribution in [-0.2, 0) is 40.9 Å². The molecular weight excluding hydrogens is 706 g/mol. The van der Waals surface area contributed by atoms with Crippen molar-refractivity contribution < 1.29 is 37.3 Å². The predicted octanol–water partition coefficient (Wildman–Crippen LogP) is 4.94. The van der Waals surface area contributed by atoms with Gasteiger partial charge in [0.05, 0.1) is 36.2 Å². The van der Waals surface area contributed by atoms with Gasteiger partial charge in [-0.3, -0.25) is 4.79 Å². The van der Waals surface area contributed by atoms with Crippen LogP contribution in [0.25, 0.3) is 0 Å². The lowest BCUT2D eigenvalue weighted by molar-refractivity contribution is -0.143. The molecule has 0 aromatic heterocycles. The van der Waals surface area contributed by atoms with Gasteiger partial charge < -0.3 is 29.5 Å². The van der Waals surface area contributed by atoms with Crippen molar-refractivity contribution >= 4 is 39.2 Å². The molecule has 1 saturated carbocycles. The Labute approximate surface area is 311 Å². The number of nitrogens with one attached hydrogen (secondary N) is 2. The number of carbonyl (C=O) groups is 2. The van der Waals surface area contributed by atoms with E-state index in [2.05, 4.69) is 27.1 Å². The van der Waals surface area contributed by atoms with Crippen molar-refractivity contribution in [3.8, 4) is 5.75 Å². The fraction of sp³-hybridized carbons (Fsp3) is 0.590. The number of sulfonamides is 1. The summed E-state index contributed by atoms with van der Waals surface area (Å²) in [5.74, 6) is -0.302. The van der Waals surface area contributed by atoms with Gasteiger partial charge in [0.15, 0.2) is 0 Å². The van der Waals surface area contributed by atoms with E-state index in [4.69, 9.17) is 25.8 Å². The molecule has 2 aromatic carbocycles. The summed E-state index contributed by atoms with van der Waals surface area (Å²) in [6, 6.07) is 10.8. The maximum Gasteiger partial charge on any atom is 0.328 e. The second-order valence-electron chi connectivity index (χ2n) is 15.6. The molecule has 52 heavy (non-hydrogen) atoms. The number of hydrogen-bond donors (Lipinski definition) is 3. The number of fused-ring (bicyclic) bond motifs is 4. The Balaban J connectivity index is 1.29. The van der Waals surface area contributed by atoms with Gasteiger partial charge in [0.25, 0.3) is 0 Å². The molecule has 1 saturated heterocycles. The van der Waals surface area contributed by atoms with Gasteiger partial charge in [-0.1, -0.05) is 42.8 Å². The summed E-state index contributed by atoms with van der Waals surface area (Å²) in [4.78, 5) is 28.2. The van der Waals surface area contributed by atoms with E-state index < -0.39 is 39.1 Å².